The summed E-state index contributed by atoms with van der Waals surface area (Å²) in [5.74, 6) is 3.24. The summed E-state index contributed by atoms with van der Waals surface area (Å²) in [7, 11) is 0. The second kappa shape index (κ2) is 4.50. The number of benzene rings is 2. The van der Waals surface area contributed by atoms with Crippen LogP contribution in [0.1, 0.15) is 51.5 Å². The van der Waals surface area contributed by atoms with E-state index in [9.17, 15) is 0 Å². The van der Waals surface area contributed by atoms with Gasteiger partial charge < -0.3 is 4.74 Å². The Hall–Kier alpha value is -1.50. The fraction of sp³-hybridized carbons (Fsp3) is 0.500. The second-order valence-corrected chi connectivity index (χ2v) is 7.54. The zero-order chi connectivity index (χ0) is 14.6. The Morgan fingerprint density at radius 3 is 2.71 bits per heavy atom. The summed E-state index contributed by atoms with van der Waals surface area (Å²) in [6, 6.07) is 13.2. The molecule has 0 unspecified atom stereocenters. The topological polar surface area (TPSA) is 9.23 Å². The van der Waals surface area contributed by atoms with E-state index in [2.05, 4.69) is 57.2 Å². The van der Waals surface area contributed by atoms with E-state index in [0.29, 0.717) is 11.8 Å². The number of hydrogen-bond donors (Lipinski definition) is 0. The third-order valence-electron chi connectivity index (χ3n) is 5.68. The van der Waals surface area contributed by atoms with E-state index in [-0.39, 0.29) is 5.60 Å². The number of fused-ring (bicyclic) bond motifs is 5. The maximum absolute atomic E-state index is 6.43. The Morgan fingerprint density at radius 2 is 1.86 bits per heavy atom. The summed E-state index contributed by atoms with van der Waals surface area (Å²) in [4.78, 5) is 0. The second-order valence-electron chi connectivity index (χ2n) is 7.54. The van der Waals surface area contributed by atoms with Crippen molar-refractivity contribution < 1.29 is 4.74 Å². The molecule has 1 heterocycles. The van der Waals surface area contributed by atoms with Gasteiger partial charge >= 0.3 is 0 Å². The maximum Gasteiger partial charge on any atom is 0.124 e. The van der Waals surface area contributed by atoms with Gasteiger partial charge in [0, 0.05) is 11.5 Å². The molecule has 0 bridgehead atoms. The molecule has 21 heavy (non-hydrogen) atoms. The van der Waals surface area contributed by atoms with Crippen LogP contribution in [0.25, 0.3) is 10.8 Å². The average molecular weight is 280 g/mol. The molecular formula is C20H24O. The van der Waals surface area contributed by atoms with E-state index in [4.69, 9.17) is 4.74 Å². The van der Waals surface area contributed by atoms with Crippen LogP contribution in [0.2, 0.25) is 0 Å². The molecule has 2 aromatic rings. The van der Waals surface area contributed by atoms with E-state index < -0.39 is 0 Å². The molecule has 1 heteroatoms. The SMILES string of the molecule is C[C@H]1CC[C@H]2[C@H](C1)c1c(ccc3ccccc13)OC2(C)C. The van der Waals surface area contributed by atoms with Crippen LogP contribution < -0.4 is 4.74 Å². The summed E-state index contributed by atoms with van der Waals surface area (Å²) in [5, 5.41) is 2.74. The van der Waals surface area contributed by atoms with Gasteiger partial charge in [0.1, 0.15) is 11.4 Å². The van der Waals surface area contributed by atoms with Gasteiger partial charge in [-0.1, -0.05) is 43.7 Å². The van der Waals surface area contributed by atoms with Gasteiger partial charge in [-0.05, 0) is 55.4 Å². The van der Waals surface area contributed by atoms with Crippen molar-refractivity contribution in [2.24, 2.45) is 11.8 Å². The first-order valence-corrected chi connectivity index (χ1v) is 8.27. The standard InChI is InChI=1S/C20H24O/c1-13-8-10-17-16(12-13)19-15-7-5-4-6-14(15)9-11-18(19)21-20(17,2)3/h4-7,9,11,13,16-17H,8,10,12H2,1-3H3/t13-,16-,17-/m0/s1. The molecule has 1 aliphatic carbocycles. The normalized spacial score (nSPS) is 30.3. The van der Waals surface area contributed by atoms with Gasteiger partial charge in [-0.2, -0.15) is 0 Å². The van der Waals surface area contributed by atoms with Gasteiger partial charge in [-0.3, -0.25) is 0 Å². The van der Waals surface area contributed by atoms with Crippen molar-refractivity contribution in [2.75, 3.05) is 0 Å². The largest absolute Gasteiger partial charge is 0.487 e. The lowest BCUT2D eigenvalue weighted by atomic mass is 9.64. The molecular weight excluding hydrogens is 256 g/mol. The monoisotopic (exact) mass is 280 g/mol. The van der Waals surface area contributed by atoms with Crippen molar-refractivity contribution in [3.05, 3.63) is 42.0 Å². The zero-order valence-corrected chi connectivity index (χ0v) is 13.2. The van der Waals surface area contributed by atoms with Crippen molar-refractivity contribution >= 4 is 10.8 Å². The third kappa shape index (κ3) is 1.97. The first kappa shape index (κ1) is 13.2. The molecule has 110 valence electrons. The van der Waals surface area contributed by atoms with Crippen molar-refractivity contribution in [1.29, 1.82) is 0 Å². The minimum Gasteiger partial charge on any atom is -0.487 e. The van der Waals surface area contributed by atoms with Gasteiger partial charge in [0.25, 0.3) is 0 Å². The van der Waals surface area contributed by atoms with Crippen LogP contribution in [-0.4, -0.2) is 5.60 Å². The number of rotatable bonds is 0. The van der Waals surface area contributed by atoms with E-state index in [1.54, 1.807) is 0 Å². The van der Waals surface area contributed by atoms with E-state index >= 15 is 0 Å². The summed E-state index contributed by atoms with van der Waals surface area (Å²) in [6.07, 6.45) is 3.94. The summed E-state index contributed by atoms with van der Waals surface area (Å²) < 4.78 is 6.43. The minimum atomic E-state index is -0.0414. The van der Waals surface area contributed by atoms with Gasteiger partial charge in [0.2, 0.25) is 0 Å². The lowest BCUT2D eigenvalue weighted by molar-refractivity contribution is -0.0128. The highest BCUT2D eigenvalue weighted by molar-refractivity contribution is 5.88. The molecule has 3 atom stereocenters. The van der Waals surface area contributed by atoms with E-state index in [0.717, 1.165) is 11.7 Å². The predicted octanol–water partition coefficient (Wildman–Crippen LogP) is 5.53. The van der Waals surface area contributed by atoms with Gasteiger partial charge in [0.05, 0.1) is 0 Å². The molecule has 1 nitrogen and oxygen atoms in total. The molecule has 0 saturated heterocycles. The van der Waals surface area contributed by atoms with Gasteiger partial charge in [-0.15, -0.1) is 0 Å². The number of ether oxygens (including phenoxy) is 1. The fourth-order valence-corrected chi connectivity index (χ4v) is 4.64. The van der Waals surface area contributed by atoms with Crippen molar-refractivity contribution in [3.8, 4) is 5.75 Å². The fourth-order valence-electron chi connectivity index (χ4n) is 4.64. The zero-order valence-electron chi connectivity index (χ0n) is 13.2. The van der Waals surface area contributed by atoms with Crippen LogP contribution in [-0.2, 0) is 0 Å². The van der Waals surface area contributed by atoms with Gasteiger partial charge in [-0.25, -0.2) is 0 Å². The first-order chi connectivity index (χ1) is 10.1. The van der Waals surface area contributed by atoms with Crippen LogP contribution in [0.15, 0.2) is 36.4 Å². The minimum absolute atomic E-state index is 0.0414. The lowest BCUT2D eigenvalue weighted by Crippen LogP contribution is -2.46. The molecule has 0 N–H and O–H groups in total. The maximum atomic E-state index is 6.43. The van der Waals surface area contributed by atoms with Crippen molar-refractivity contribution in [2.45, 2.75) is 51.6 Å². The Kier molecular flexibility index (Phi) is 2.82. The quantitative estimate of drug-likeness (QED) is 0.616. The Morgan fingerprint density at radius 1 is 1.05 bits per heavy atom. The van der Waals surface area contributed by atoms with E-state index in [1.807, 2.05) is 0 Å². The smallest absolute Gasteiger partial charge is 0.124 e. The Labute approximate surface area is 127 Å². The summed E-state index contributed by atoms with van der Waals surface area (Å²) >= 11 is 0. The third-order valence-corrected chi connectivity index (χ3v) is 5.68. The van der Waals surface area contributed by atoms with Gasteiger partial charge in [0.15, 0.2) is 0 Å². The molecule has 0 aromatic heterocycles. The molecule has 2 aliphatic rings. The van der Waals surface area contributed by atoms with Crippen LogP contribution in [0.5, 0.6) is 5.75 Å². The van der Waals surface area contributed by atoms with Crippen molar-refractivity contribution in [1.82, 2.24) is 0 Å². The first-order valence-electron chi connectivity index (χ1n) is 8.27. The Bertz CT molecular complexity index is 685. The molecule has 1 aliphatic heterocycles. The molecule has 1 saturated carbocycles. The van der Waals surface area contributed by atoms with E-state index in [1.165, 1.54) is 35.6 Å². The Balaban J connectivity index is 1.95. The van der Waals surface area contributed by atoms with Crippen LogP contribution in [0, 0.1) is 11.8 Å². The molecule has 2 aromatic carbocycles. The van der Waals surface area contributed by atoms with Crippen molar-refractivity contribution in [3.63, 3.8) is 0 Å². The average Bonchev–Trinajstić information content (AvgIpc) is 2.45. The molecule has 0 spiro atoms. The highest BCUT2D eigenvalue weighted by Gasteiger charge is 2.46. The highest BCUT2D eigenvalue weighted by Crippen LogP contribution is 2.54. The highest BCUT2D eigenvalue weighted by atomic mass is 16.5. The van der Waals surface area contributed by atoms with Crippen LogP contribution in [0.4, 0.5) is 0 Å². The predicted molar refractivity (Wildman–Crippen MR) is 87.9 cm³/mol. The lowest BCUT2D eigenvalue weighted by Gasteiger charge is -2.49. The van der Waals surface area contributed by atoms with Crippen LogP contribution >= 0.6 is 0 Å². The molecule has 0 radical (unpaired) electrons. The summed E-state index contributed by atoms with van der Waals surface area (Å²) in [5.41, 5.74) is 1.43. The molecule has 0 amide bonds. The summed E-state index contributed by atoms with van der Waals surface area (Å²) in [6.45, 7) is 6.96. The number of hydrogen-bond acceptors (Lipinski definition) is 1. The molecule has 1 fully saturated rings. The van der Waals surface area contributed by atoms with Crippen LogP contribution in [0.3, 0.4) is 0 Å². The molecule has 4 rings (SSSR count).